The van der Waals surface area contributed by atoms with Crippen LogP contribution in [0.1, 0.15) is 5.56 Å². The number of sulfonamides is 1. The lowest BCUT2D eigenvalue weighted by atomic mass is 10.2. The maximum atomic E-state index is 12.7. The van der Waals surface area contributed by atoms with E-state index in [1.807, 2.05) is 0 Å². The van der Waals surface area contributed by atoms with Crippen LogP contribution in [0, 0.1) is 0 Å². The van der Waals surface area contributed by atoms with Crippen LogP contribution >= 0.6 is 23.2 Å². The number of hydrogen-bond donors (Lipinski definition) is 1. The molecule has 24 heavy (non-hydrogen) atoms. The summed E-state index contributed by atoms with van der Waals surface area (Å²) < 4.78 is 68.2. The molecule has 0 aromatic heterocycles. The monoisotopic (exact) mass is 409 g/mol. The maximum absolute atomic E-state index is 12.7. The quantitative estimate of drug-likeness (QED) is 0.699. The molecule has 0 radical (unpaired) electrons. The number of hydrogen-bond acceptors (Lipinski definition) is 4. The Morgan fingerprint density at radius 1 is 1.29 bits per heavy atom. The molecule has 0 aliphatic carbocycles. The van der Waals surface area contributed by atoms with Crippen LogP contribution in [0.25, 0.3) is 0 Å². The highest BCUT2D eigenvalue weighted by atomic mass is 35.5. The molecule has 0 unspecified atom stereocenters. The van der Waals surface area contributed by atoms with Gasteiger partial charge in [0.25, 0.3) is 0 Å². The van der Waals surface area contributed by atoms with Gasteiger partial charge in [0.05, 0.1) is 22.2 Å². The molecular formula is C12H12Cl2F3NO5S. The number of rotatable bonds is 7. The molecular weight excluding hydrogens is 398 g/mol. The first kappa shape index (κ1) is 21.0. The van der Waals surface area contributed by atoms with Gasteiger partial charge in [-0.1, -0.05) is 23.2 Å². The second kappa shape index (κ2) is 7.87. The van der Waals surface area contributed by atoms with Gasteiger partial charge in [-0.2, -0.15) is 17.5 Å². The Morgan fingerprint density at radius 2 is 1.79 bits per heavy atom. The normalized spacial score (nSPS) is 12.6. The Morgan fingerprint density at radius 3 is 2.21 bits per heavy atom. The average Bonchev–Trinajstić information content (AvgIpc) is 2.40. The molecule has 0 atom stereocenters. The molecule has 0 bridgehead atoms. The SMILES string of the molecule is CN(CCOCC(=O)O)S(=O)(=O)c1c(Cl)cc(C(F)(F)F)cc1Cl. The van der Waals surface area contributed by atoms with Crippen molar-refractivity contribution in [3.8, 4) is 0 Å². The second-order valence-electron chi connectivity index (χ2n) is 4.54. The molecule has 0 heterocycles. The van der Waals surface area contributed by atoms with E-state index in [1.165, 1.54) is 0 Å². The predicted octanol–water partition coefficient (Wildman–Crippen LogP) is 2.73. The molecule has 1 N–H and O–H groups in total. The summed E-state index contributed by atoms with van der Waals surface area (Å²) in [4.78, 5) is 9.61. The maximum Gasteiger partial charge on any atom is 0.416 e. The van der Waals surface area contributed by atoms with E-state index in [0.717, 1.165) is 11.4 Å². The minimum Gasteiger partial charge on any atom is -0.480 e. The summed E-state index contributed by atoms with van der Waals surface area (Å²) in [6, 6.07) is 0.935. The average molecular weight is 410 g/mol. The van der Waals surface area contributed by atoms with E-state index in [1.54, 1.807) is 0 Å². The zero-order valence-electron chi connectivity index (χ0n) is 12.1. The van der Waals surface area contributed by atoms with Gasteiger partial charge in [-0.05, 0) is 12.1 Å². The fourth-order valence-corrected chi connectivity index (χ4v) is 3.91. The van der Waals surface area contributed by atoms with Crippen LogP contribution in [0.4, 0.5) is 13.2 Å². The van der Waals surface area contributed by atoms with E-state index >= 15 is 0 Å². The summed E-state index contributed by atoms with van der Waals surface area (Å²) in [6.45, 7) is -1.10. The smallest absolute Gasteiger partial charge is 0.416 e. The molecule has 1 aromatic carbocycles. The van der Waals surface area contributed by atoms with Gasteiger partial charge in [-0.15, -0.1) is 0 Å². The number of benzene rings is 1. The summed E-state index contributed by atoms with van der Waals surface area (Å²) in [7, 11) is -3.16. The number of carbonyl (C=O) groups is 1. The van der Waals surface area contributed by atoms with E-state index in [2.05, 4.69) is 0 Å². The number of carboxylic acids is 1. The van der Waals surface area contributed by atoms with Crippen molar-refractivity contribution in [2.75, 3.05) is 26.8 Å². The van der Waals surface area contributed by atoms with Crippen molar-refractivity contribution in [3.63, 3.8) is 0 Å². The molecule has 1 aromatic rings. The van der Waals surface area contributed by atoms with Crippen molar-refractivity contribution >= 4 is 39.2 Å². The highest BCUT2D eigenvalue weighted by Crippen LogP contribution is 2.38. The Bertz CT molecular complexity index is 701. The van der Waals surface area contributed by atoms with Gasteiger partial charge in [0.15, 0.2) is 0 Å². The van der Waals surface area contributed by atoms with Crippen LogP contribution in [0.2, 0.25) is 10.0 Å². The van der Waals surface area contributed by atoms with Crippen LogP contribution in [-0.2, 0) is 25.7 Å². The van der Waals surface area contributed by atoms with Gasteiger partial charge >= 0.3 is 12.1 Å². The van der Waals surface area contributed by atoms with Crippen molar-refractivity contribution in [1.82, 2.24) is 4.31 Å². The van der Waals surface area contributed by atoms with Crippen LogP contribution in [0.3, 0.4) is 0 Å². The molecule has 0 fully saturated rings. The van der Waals surface area contributed by atoms with Crippen LogP contribution in [0.15, 0.2) is 17.0 Å². The predicted molar refractivity (Wildman–Crippen MR) is 79.7 cm³/mol. The van der Waals surface area contributed by atoms with Crippen LogP contribution in [0.5, 0.6) is 0 Å². The summed E-state index contributed by atoms with van der Waals surface area (Å²) in [5.74, 6) is -1.23. The highest BCUT2D eigenvalue weighted by molar-refractivity contribution is 7.89. The van der Waals surface area contributed by atoms with Crippen molar-refractivity contribution in [3.05, 3.63) is 27.7 Å². The summed E-state index contributed by atoms with van der Waals surface area (Å²) in [5, 5.41) is 7.05. The van der Waals surface area contributed by atoms with Crippen molar-refractivity contribution in [1.29, 1.82) is 0 Å². The number of likely N-dealkylation sites (N-methyl/N-ethyl adjacent to an activating group) is 1. The Labute approximate surface area is 145 Å². The first-order chi connectivity index (χ1) is 10.9. The Kier molecular flexibility index (Phi) is 6.88. The molecule has 136 valence electrons. The van der Waals surface area contributed by atoms with Gasteiger partial charge in [-0.25, -0.2) is 13.2 Å². The zero-order chi connectivity index (χ0) is 18.7. The number of aliphatic carboxylic acids is 1. The Balaban J connectivity index is 3.04. The van der Waals surface area contributed by atoms with Crippen LogP contribution in [-0.4, -0.2) is 50.6 Å². The number of carboxylic acid groups (broad SMARTS) is 1. The minimum absolute atomic E-state index is 0.238. The molecule has 0 saturated carbocycles. The first-order valence-electron chi connectivity index (χ1n) is 6.19. The first-order valence-corrected chi connectivity index (χ1v) is 8.39. The lowest BCUT2D eigenvalue weighted by Gasteiger charge is -2.19. The fourth-order valence-electron chi connectivity index (χ4n) is 1.60. The highest BCUT2D eigenvalue weighted by Gasteiger charge is 2.34. The lowest BCUT2D eigenvalue weighted by molar-refractivity contribution is -0.142. The van der Waals surface area contributed by atoms with E-state index in [-0.39, 0.29) is 13.2 Å². The fraction of sp³-hybridized carbons (Fsp3) is 0.417. The number of ether oxygens (including phenoxy) is 1. The van der Waals surface area contributed by atoms with E-state index in [4.69, 9.17) is 33.0 Å². The summed E-state index contributed by atoms with van der Waals surface area (Å²) in [5.41, 5.74) is -1.18. The van der Waals surface area contributed by atoms with Crippen molar-refractivity contribution in [2.45, 2.75) is 11.1 Å². The molecule has 0 amide bonds. The Hall–Kier alpha value is -1.07. The van der Waals surface area contributed by atoms with E-state index < -0.39 is 49.3 Å². The molecule has 0 saturated heterocycles. The molecule has 0 aliphatic rings. The van der Waals surface area contributed by atoms with Gasteiger partial charge in [0.1, 0.15) is 11.5 Å². The number of alkyl halides is 3. The third-order valence-corrected chi connectivity index (χ3v) is 5.55. The molecule has 6 nitrogen and oxygen atoms in total. The third-order valence-electron chi connectivity index (χ3n) is 2.77. The van der Waals surface area contributed by atoms with Crippen molar-refractivity contribution in [2.24, 2.45) is 0 Å². The van der Waals surface area contributed by atoms with Crippen molar-refractivity contribution < 1.29 is 36.2 Å². The lowest BCUT2D eigenvalue weighted by Crippen LogP contribution is -2.31. The molecule has 1 rings (SSSR count). The van der Waals surface area contributed by atoms with E-state index in [9.17, 15) is 26.4 Å². The molecule has 0 spiro atoms. The second-order valence-corrected chi connectivity index (χ2v) is 7.34. The van der Waals surface area contributed by atoms with Gasteiger partial charge in [0.2, 0.25) is 10.0 Å². The molecule has 0 aliphatic heterocycles. The molecule has 12 heteroatoms. The van der Waals surface area contributed by atoms with Gasteiger partial charge in [0, 0.05) is 13.6 Å². The third kappa shape index (κ3) is 5.21. The van der Waals surface area contributed by atoms with E-state index in [0.29, 0.717) is 12.1 Å². The van der Waals surface area contributed by atoms with Gasteiger partial charge < -0.3 is 9.84 Å². The number of nitrogens with zero attached hydrogens (tertiary/aromatic N) is 1. The van der Waals surface area contributed by atoms with Crippen LogP contribution < -0.4 is 0 Å². The minimum atomic E-state index is -4.73. The number of halogens is 5. The standard InChI is InChI=1S/C12H12Cl2F3NO5S/c1-18(2-3-23-6-10(19)20)24(21,22)11-8(13)4-7(5-9(11)14)12(15,16)17/h4-5H,2-3,6H2,1H3,(H,19,20). The zero-order valence-corrected chi connectivity index (χ0v) is 14.4. The van der Waals surface area contributed by atoms with Gasteiger partial charge in [-0.3, -0.25) is 0 Å². The topological polar surface area (TPSA) is 83.9 Å². The summed E-state index contributed by atoms with van der Waals surface area (Å²) in [6.07, 6.45) is -4.73. The largest absolute Gasteiger partial charge is 0.480 e. The summed E-state index contributed by atoms with van der Waals surface area (Å²) >= 11 is 11.3.